The summed E-state index contributed by atoms with van der Waals surface area (Å²) in [6.45, 7) is 2.15. The van der Waals surface area contributed by atoms with E-state index in [-0.39, 0.29) is 21.8 Å². The number of ketones is 1. The van der Waals surface area contributed by atoms with Crippen LogP contribution in [0, 0.1) is 11.6 Å². The number of halogens is 3. The second-order valence-corrected chi connectivity index (χ2v) is 8.24. The van der Waals surface area contributed by atoms with Gasteiger partial charge in [-0.1, -0.05) is 17.7 Å². The Morgan fingerprint density at radius 2 is 1.97 bits per heavy atom. The third-order valence-electron chi connectivity index (χ3n) is 4.93. The van der Waals surface area contributed by atoms with Crippen LogP contribution in [0.2, 0.25) is 5.02 Å². The molecule has 1 fully saturated rings. The van der Waals surface area contributed by atoms with E-state index in [1.165, 1.54) is 23.5 Å². The second-order valence-electron chi connectivity index (χ2n) is 6.85. The van der Waals surface area contributed by atoms with Gasteiger partial charge in [0, 0.05) is 16.5 Å². The summed E-state index contributed by atoms with van der Waals surface area (Å²) in [5, 5.41) is 13.0. The number of Topliss-reactive ketones (excluding diaryl/α,β-unsaturated/α-hetero) is 1. The maximum atomic E-state index is 14.6. The van der Waals surface area contributed by atoms with Gasteiger partial charge in [-0.05, 0) is 48.7 Å². The third-order valence-corrected chi connectivity index (χ3v) is 6.18. The first-order valence-corrected chi connectivity index (χ1v) is 10.8. The van der Waals surface area contributed by atoms with Gasteiger partial charge in [0.1, 0.15) is 29.2 Å². The number of aliphatic hydroxyl groups excluding tert-OH is 1. The van der Waals surface area contributed by atoms with Crippen LogP contribution in [0.15, 0.2) is 59.5 Å². The largest absolute Gasteiger partial charge is 0.507 e. The number of carbonyl (C=O) groups excluding carboxylic acids is 2. The number of amides is 1. The topological polar surface area (TPSA) is 66.8 Å². The Morgan fingerprint density at radius 1 is 1.19 bits per heavy atom. The average Bonchev–Trinajstić information content (AvgIpc) is 3.37. The van der Waals surface area contributed by atoms with Crippen LogP contribution in [0.3, 0.4) is 0 Å². The standard InChI is InChI=1S/C23H16ClF2NO4S/c1-2-31-13-6-7-15(24)14(11-13)21(28)19-20(18-4-3-9-32-18)27(23(30)22(19)29)17-8-5-12(25)10-16(17)26/h3-11,20,28H,2H2,1H3/b21-19-. The predicted molar refractivity (Wildman–Crippen MR) is 118 cm³/mol. The van der Waals surface area contributed by atoms with Crippen LogP contribution in [0.5, 0.6) is 5.75 Å². The molecule has 1 unspecified atom stereocenters. The van der Waals surface area contributed by atoms with Gasteiger partial charge in [0.15, 0.2) is 0 Å². The number of carbonyl (C=O) groups is 2. The number of hydrogen-bond acceptors (Lipinski definition) is 5. The van der Waals surface area contributed by atoms with Crippen molar-refractivity contribution in [1.29, 1.82) is 0 Å². The molecule has 2 heterocycles. The number of ether oxygens (including phenoxy) is 1. The van der Waals surface area contributed by atoms with E-state index in [1.807, 2.05) is 0 Å². The van der Waals surface area contributed by atoms with Crippen molar-refractivity contribution >= 4 is 46.1 Å². The van der Waals surface area contributed by atoms with E-state index >= 15 is 0 Å². The van der Waals surface area contributed by atoms with Gasteiger partial charge in [0.2, 0.25) is 0 Å². The molecule has 4 rings (SSSR count). The van der Waals surface area contributed by atoms with E-state index < -0.39 is 35.1 Å². The van der Waals surface area contributed by atoms with Gasteiger partial charge >= 0.3 is 0 Å². The van der Waals surface area contributed by atoms with Crippen molar-refractivity contribution in [2.75, 3.05) is 11.5 Å². The molecule has 1 amide bonds. The molecule has 1 N–H and O–H groups in total. The number of benzene rings is 2. The summed E-state index contributed by atoms with van der Waals surface area (Å²) >= 11 is 7.48. The van der Waals surface area contributed by atoms with Gasteiger partial charge in [-0.3, -0.25) is 14.5 Å². The minimum absolute atomic E-state index is 0.0942. The Labute approximate surface area is 191 Å². The normalized spacial score (nSPS) is 17.8. The molecule has 5 nitrogen and oxygen atoms in total. The van der Waals surface area contributed by atoms with Gasteiger partial charge in [0.25, 0.3) is 11.7 Å². The van der Waals surface area contributed by atoms with Crippen molar-refractivity contribution < 1.29 is 28.2 Å². The van der Waals surface area contributed by atoms with Crippen molar-refractivity contribution in [2.24, 2.45) is 0 Å². The highest BCUT2D eigenvalue weighted by molar-refractivity contribution is 7.10. The number of nitrogens with zero attached hydrogens (tertiary/aromatic N) is 1. The summed E-state index contributed by atoms with van der Waals surface area (Å²) in [7, 11) is 0. The summed E-state index contributed by atoms with van der Waals surface area (Å²) in [4.78, 5) is 27.4. The van der Waals surface area contributed by atoms with E-state index in [4.69, 9.17) is 16.3 Å². The summed E-state index contributed by atoms with van der Waals surface area (Å²) < 4.78 is 33.5. The molecule has 1 atom stereocenters. The molecular weight excluding hydrogens is 460 g/mol. The number of rotatable bonds is 5. The summed E-state index contributed by atoms with van der Waals surface area (Å²) in [6, 6.07) is 9.49. The molecule has 1 saturated heterocycles. The Kier molecular flexibility index (Phi) is 5.99. The molecule has 32 heavy (non-hydrogen) atoms. The first kappa shape index (κ1) is 22.0. The second kappa shape index (κ2) is 8.72. The van der Waals surface area contributed by atoms with Crippen molar-refractivity contribution in [3.05, 3.63) is 86.6 Å². The third kappa shape index (κ3) is 3.76. The Morgan fingerprint density at radius 3 is 2.62 bits per heavy atom. The fourth-order valence-corrected chi connectivity index (χ4v) is 4.59. The van der Waals surface area contributed by atoms with E-state index in [0.717, 1.165) is 17.0 Å². The van der Waals surface area contributed by atoms with Gasteiger partial charge in [-0.15, -0.1) is 11.3 Å². The highest BCUT2D eigenvalue weighted by atomic mass is 35.5. The van der Waals surface area contributed by atoms with Crippen LogP contribution in [-0.2, 0) is 9.59 Å². The van der Waals surface area contributed by atoms with Gasteiger partial charge in [-0.25, -0.2) is 8.78 Å². The molecule has 9 heteroatoms. The van der Waals surface area contributed by atoms with Crippen LogP contribution < -0.4 is 9.64 Å². The first-order valence-electron chi connectivity index (χ1n) is 9.55. The highest BCUT2D eigenvalue weighted by Crippen LogP contribution is 2.45. The molecule has 0 radical (unpaired) electrons. The lowest BCUT2D eigenvalue weighted by molar-refractivity contribution is -0.132. The number of anilines is 1. The molecule has 0 aliphatic carbocycles. The zero-order valence-corrected chi connectivity index (χ0v) is 18.2. The molecule has 0 saturated carbocycles. The molecule has 1 aliphatic heterocycles. The Balaban J connectivity index is 1.94. The fraction of sp³-hybridized carbons (Fsp3) is 0.130. The molecule has 164 valence electrons. The zero-order valence-electron chi connectivity index (χ0n) is 16.6. The zero-order chi connectivity index (χ0) is 23.0. The maximum Gasteiger partial charge on any atom is 0.300 e. The summed E-state index contributed by atoms with van der Waals surface area (Å²) in [5.74, 6) is -4.00. The average molecular weight is 476 g/mol. The smallest absolute Gasteiger partial charge is 0.300 e. The van der Waals surface area contributed by atoms with E-state index in [0.29, 0.717) is 23.3 Å². The van der Waals surface area contributed by atoms with Crippen LogP contribution in [-0.4, -0.2) is 23.4 Å². The Hall–Kier alpha value is -3.23. The summed E-state index contributed by atoms with van der Waals surface area (Å²) in [6.07, 6.45) is 0. The van der Waals surface area contributed by atoms with Crippen molar-refractivity contribution in [3.8, 4) is 5.75 Å². The minimum Gasteiger partial charge on any atom is -0.507 e. The monoisotopic (exact) mass is 475 g/mol. The van der Waals surface area contributed by atoms with Crippen LogP contribution in [0.25, 0.3) is 5.76 Å². The van der Waals surface area contributed by atoms with Gasteiger partial charge < -0.3 is 9.84 Å². The molecule has 0 spiro atoms. The van der Waals surface area contributed by atoms with Crippen LogP contribution >= 0.6 is 22.9 Å². The quantitative estimate of drug-likeness (QED) is 0.292. The highest BCUT2D eigenvalue weighted by Gasteiger charge is 2.48. The SMILES string of the molecule is CCOc1ccc(Cl)c(/C(O)=C2/C(=O)C(=O)N(c3ccc(F)cc3F)C2c2cccs2)c1. The molecular formula is C23H16ClF2NO4S. The molecule has 3 aromatic rings. The number of thiophene rings is 1. The minimum atomic E-state index is -1.12. The lowest BCUT2D eigenvalue weighted by Crippen LogP contribution is -2.30. The van der Waals surface area contributed by atoms with Crippen LogP contribution in [0.1, 0.15) is 23.4 Å². The van der Waals surface area contributed by atoms with Gasteiger partial charge in [-0.2, -0.15) is 0 Å². The first-order chi connectivity index (χ1) is 15.3. The fourth-order valence-electron chi connectivity index (χ4n) is 3.56. The van der Waals surface area contributed by atoms with E-state index in [9.17, 15) is 23.5 Å². The van der Waals surface area contributed by atoms with Gasteiger partial charge in [0.05, 0.1) is 22.9 Å². The number of aliphatic hydroxyl groups is 1. The molecule has 2 aromatic carbocycles. The van der Waals surface area contributed by atoms with E-state index in [1.54, 1.807) is 30.5 Å². The lowest BCUT2D eigenvalue weighted by atomic mass is 9.99. The molecule has 1 aromatic heterocycles. The predicted octanol–water partition coefficient (Wildman–Crippen LogP) is 5.70. The lowest BCUT2D eigenvalue weighted by Gasteiger charge is -2.24. The molecule has 0 bridgehead atoms. The van der Waals surface area contributed by atoms with Crippen molar-refractivity contribution in [3.63, 3.8) is 0 Å². The summed E-state index contributed by atoms with van der Waals surface area (Å²) in [5.41, 5.74) is -0.436. The van der Waals surface area contributed by atoms with Crippen molar-refractivity contribution in [1.82, 2.24) is 0 Å². The Bertz CT molecular complexity index is 1240. The van der Waals surface area contributed by atoms with E-state index in [2.05, 4.69) is 0 Å². The van der Waals surface area contributed by atoms with Crippen LogP contribution in [0.4, 0.5) is 14.5 Å². The molecule has 1 aliphatic rings. The maximum absolute atomic E-state index is 14.6. The van der Waals surface area contributed by atoms with Crippen molar-refractivity contribution in [2.45, 2.75) is 13.0 Å². The number of hydrogen-bond donors (Lipinski definition) is 1.